The molecule has 1 aliphatic rings. The van der Waals surface area contributed by atoms with Gasteiger partial charge in [-0.05, 0) is 23.6 Å². The molecule has 0 saturated carbocycles. The van der Waals surface area contributed by atoms with Crippen molar-refractivity contribution in [3.05, 3.63) is 46.7 Å². The molecule has 4 nitrogen and oxygen atoms in total. The van der Waals surface area contributed by atoms with Crippen LogP contribution in [0, 0.1) is 0 Å². The molecule has 0 fully saturated rings. The number of nitrogens with zero attached hydrogens (tertiary/aromatic N) is 2. The number of anilines is 1. The maximum atomic E-state index is 5.77. The van der Waals surface area contributed by atoms with Crippen molar-refractivity contribution in [3.63, 3.8) is 0 Å². The maximum Gasteiger partial charge on any atom is 0.120 e. The van der Waals surface area contributed by atoms with E-state index < -0.39 is 0 Å². The molecule has 3 rings (SSSR count). The van der Waals surface area contributed by atoms with Gasteiger partial charge < -0.3 is 10.5 Å². The summed E-state index contributed by atoms with van der Waals surface area (Å²) in [5.74, 6) is 0.837. The van der Waals surface area contributed by atoms with Crippen LogP contribution in [0.1, 0.15) is 17.3 Å². The van der Waals surface area contributed by atoms with Gasteiger partial charge in [0.2, 0.25) is 0 Å². The summed E-state index contributed by atoms with van der Waals surface area (Å²) >= 11 is 1.75. The van der Waals surface area contributed by atoms with E-state index in [0.717, 1.165) is 23.6 Å². The molecule has 0 radical (unpaired) electrons. The molecule has 1 aromatic carbocycles. The van der Waals surface area contributed by atoms with Gasteiger partial charge in [0.15, 0.2) is 0 Å². The Morgan fingerprint density at radius 3 is 3.00 bits per heavy atom. The standard InChI is InChI=1S/C15H17N3OS/c1-19-13-5-2-4-12(9-13)18-14(8-11(10-16)17-18)15-6-3-7-20-15/h2-7,9,14H,8,10,16H2,1H3. The van der Waals surface area contributed by atoms with Crippen molar-refractivity contribution in [1.29, 1.82) is 0 Å². The summed E-state index contributed by atoms with van der Waals surface area (Å²) in [5.41, 5.74) is 7.83. The molecule has 5 heteroatoms. The molecule has 1 aromatic heterocycles. The van der Waals surface area contributed by atoms with Crippen molar-refractivity contribution in [2.75, 3.05) is 18.7 Å². The highest BCUT2D eigenvalue weighted by Crippen LogP contribution is 2.37. The number of nitrogens with two attached hydrogens (primary N) is 1. The average molecular weight is 287 g/mol. The van der Waals surface area contributed by atoms with Gasteiger partial charge in [-0.3, -0.25) is 5.01 Å². The molecule has 2 heterocycles. The minimum atomic E-state index is 0.237. The second-order valence-corrected chi connectivity index (χ2v) is 5.63. The molecule has 1 aliphatic heterocycles. The zero-order chi connectivity index (χ0) is 13.9. The molecule has 0 aliphatic carbocycles. The Hall–Kier alpha value is -1.85. The molecular weight excluding hydrogens is 270 g/mol. The molecule has 0 spiro atoms. The van der Waals surface area contributed by atoms with E-state index in [1.807, 2.05) is 24.3 Å². The predicted molar refractivity (Wildman–Crippen MR) is 83.6 cm³/mol. The largest absolute Gasteiger partial charge is 0.497 e. The molecule has 2 aromatic rings. The lowest BCUT2D eigenvalue weighted by Gasteiger charge is -2.23. The van der Waals surface area contributed by atoms with Gasteiger partial charge in [0, 0.05) is 23.9 Å². The monoisotopic (exact) mass is 287 g/mol. The Morgan fingerprint density at radius 2 is 2.30 bits per heavy atom. The number of methoxy groups -OCH3 is 1. The third-order valence-corrected chi connectivity index (χ3v) is 4.37. The van der Waals surface area contributed by atoms with Crippen LogP contribution in [-0.4, -0.2) is 19.4 Å². The van der Waals surface area contributed by atoms with E-state index in [1.165, 1.54) is 4.88 Å². The highest BCUT2D eigenvalue weighted by atomic mass is 32.1. The van der Waals surface area contributed by atoms with Crippen molar-refractivity contribution in [3.8, 4) is 5.75 Å². The molecule has 104 valence electrons. The minimum absolute atomic E-state index is 0.237. The zero-order valence-corrected chi connectivity index (χ0v) is 12.1. The van der Waals surface area contributed by atoms with E-state index in [0.29, 0.717) is 6.54 Å². The third kappa shape index (κ3) is 2.42. The Morgan fingerprint density at radius 1 is 1.40 bits per heavy atom. The number of thiophene rings is 1. The van der Waals surface area contributed by atoms with Crippen LogP contribution < -0.4 is 15.5 Å². The Labute approximate surface area is 122 Å². The predicted octanol–water partition coefficient (Wildman–Crippen LogP) is 3.02. The van der Waals surface area contributed by atoms with Crippen LogP contribution in [0.5, 0.6) is 5.75 Å². The molecular formula is C15H17N3OS. The van der Waals surface area contributed by atoms with Gasteiger partial charge in [-0.2, -0.15) is 5.10 Å². The number of hydrazone groups is 1. The van der Waals surface area contributed by atoms with Gasteiger partial charge in [-0.15, -0.1) is 11.3 Å². The van der Waals surface area contributed by atoms with E-state index in [9.17, 15) is 0 Å². The smallest absolute Gasteiger partial charge is 0.120 e. The summed E-state index contributed by atoms with van der Waals surface area (Å²) in [5, 5.41) is 8.81. The average Bonchev–Trinajstić information content (AvgIpc) is 3.15. The first kappa shape index (κ1) is 13.1. The van der Waals surface area contributed by atoms with E-state index in [-0.39, 0.29) is 6.04 Å². The van der Waals surface area contributed by atoms with Crippen molar-refractivity contribution in [2.24, 2.45) is 10.8 Å². The van der Waals surface area contributed by atoms with Crippen LogP contribution in [0.3, 0.4) is 0 Å². The van der Waals surface area contributed by atoms with Crippen molar-refractivity contribution in [1.82, 2.24) is 0 Å². The summed E-state index contributed by atoms with van der Waals surface area (Å²) in [7, 11) is 1.68. The van der Waals surface area contributed by atoms with Crippen LogP contribution in [0.2, 0.25) is 0 Å². The van der Waals surface area contributed by atoms with E-state index in [4.69, 9.17) is 10.5 Å². The molecule has 1 unspecified atom stereocenters. The highest BCUT2D eigenvalue weighted by molar-refractivity contribution is 7.10. The Kier molecular flexibility index (Phi) is 3.71. The Bertz CT molecular complexity index is 609. The number of hydrogen-bond donors (Lipinski definition) is 1. The fraction of sp³-hybridized carbons (Fsp3) is 0.267. The van der Waals surface area contributed by atoms with Crippen LogP contribution >= 0.6 is 11.3 Å². The van der Waals surface area contributed by atoms with Gasteiger partial charge in [0.25, 0.3) is 0 Å². The molecule has 20 heavy (non-hydrogen) atoms. The highest BCUT2D eigenvalue weighted by Gasteiger charge is 2.29. The summed E-state index contributed by atoms with van der Waals surface area (Å²) in [6.45, 7) is 0.502. The van der Waals surface area contributed by atoms with E-state index in [1.54, 1.807) is 18.4 Å². The summed E-state index contributed by atoms with van der Waals surface area (Å²) < 4.78 is 5.30. The van der Waals surface area contributed by atoms with Gasteiger partial charge >= 0.3 is 0 Å². The Balaban J connectivity index is 1.96. The molecule has 0 bridgehead atoms. The third-order valence-electron chi connectivity index (χ3n) is 3.40. The number of hydrogen-bond acceptors (Lipinski definition) is 5. The first-order chi connectivity index (χ1) is 9.81. The van der Waals surface area contributed by atoms with E-state index >= 15 is 0 Å². The van der Waals surface area contributed by atoms with Crippen molar-refractivity contribution in [2.45, 2.75) is 12.5 Å². The lowest BCUT2D eigenvalue weighted by atomic mass is 10.1. The number of rotatable bonds is 4. The molecule has 2 N–H and O–H groups in total. The van der Waals surface area contributed by atoms with Crippen LogP contribution in [-0.2, 0) is 0 Å². The number of ether oxygens (including phenoxy) is 1. The summed E-state index contributed by atoms with van der Waals surface area (Å²) in [6, 6.07) is 12.4. The normalized spacial score (nSPS) is 18.2. The first-order valence-electron chi connectivity index (χ1n) is 6.55. The first-order valence-corrected chi connectivity index (χ1v) is 7.43. The molecule has 0 amide bonds. The fourth-order valence-corrected chi connectivity index (χ4v) is 3.20. The topological polar surface area (TPSA) is 50.8 Å². The number of benzene rings is 1. The fourth-order valence-electron chi connectivity index (χ4n) is 2.39. The van der Waals surface area contributed by atoms with Crippen LogP contribution in [0.4, 0.5) is 5.69 Å². The molecule has 0 saturated heterocycles. The molecule has 1 atom stereocenters. The lowest BCUT2D eigenvalue weighted by Crippen LogP contribution is -2.17. The second kappa shape index (κ2) is 5.64. The van der Waals surface area contributed by atoms with Crippen LogP contribution in [0.25, 0.3) is 0 Å². The van der Waals surface area contributed by atoms with Crippen molar-refractivity contribution >= 4 is 22.7 Å². The maximum absolute atomic E-state index is 5.77. The van der Waals surface area contributed by atoms with Crippen LogP contribution in [0.15, 0.2) is 46.9 Å². The van der Waals surface area contributed by atoms with Gasteiger partial charge in [-0.1, -0.05) is 12.1 Å². The zero-order valence-electron chi connectivity index (χ0n) is 11.3. The summed E-state index contributed by atoms with van der Waals surface area (Å²) in [4.78, 5) is 1.31. The minimum Gasteiger partial charge on any atom is -0.497 e. The van der Waals surface area contributed by atoms with Crippen molar-refractivity contribution < 1.29 is 4.74 Å². The lowest BCUT2D eigenvalue weighted by molar-refractivity contribution is 0.414. The SMILES string of the molecule is COc1cccc(N2N=C(CN)CC2c2cccs2)c1. The quantitative estimate of drug-likeness (QED) is 0.940. The van der Waals surface area contributed by atoms with E-state index in [2.05, 4.69) is 27.6 Å². The summed E-state index contributed by atoms with van der Waals surface area (Å²) in [6.07, 6.45) is 0.883. The van der Waals surface area contributed by atoms with Gasteiger partial charge in [0.1, 0.15) is 5.75 Å². The van der Waals surface area contributed by atoms with Gasteiger partial charge in [-0.25, -0.2) is 0 Å². The van der Waals surface area contributed by atoms with Gasteiger partial charge in [0.05, 0.1) is 24.6 Å². The second-order valence-electron chi connectivity index (χ2n) is 4.65.